The molecule has 0 aliphatic carbocycles. The van der Waals surface area contributed by atoms with Gasteiger partial charge in [0, 0.05) is 22.4 Å². The van der Waals surface area contributed by atoms with Crippen molar-refractivity contribution >= 4 is 57.0 Å². The number of pyridine rings is 1. The number of aliphatic hydroxyl groups excluding tert-OH is 1. The molecule has 2 aromatic heterocycles. The molecule has 4 aromatic rings. The van der Waals surface area contributed by atoms with Crippen molar-refractivity contribution in [2.75, 3.05) is 24.3 Å². The normalized spacial score (nSPS) is 10.5. The summed E-state index contributed by atoms with van der Waals surface area (Å²) in [7, 11) is 0. The largest absolute Gasteiger partial charge is 0.491 e. The molecule has 0 amide bonds. The van der Waals surface area contributed by atoms with Crippen LogP contribution >= 0.6 is 34.7 Å². The number of thiazole rings is 1. The zero-order valence-electron chi connectivity index (χ0n) is 19.0. The maximum absolute atomic E-state index is 13.4. The number of nitrogens with zero attached hydrogens (tertiary/aromatic N) is 4. The molecular formula is C25H18ClFN6O2S2. The Morgan fingerprint density at radius 1 is 1.27 bits per heavy atom. The molecular weight excluding hydrogens is 535 g/mol. The third kappa shape index (κ3) is 6.10. The van der Waals surface area contributed by atoms with Gasteiger partial charge in [-0.15, -0.1) is 11.3 Å². The first-order chi connectivity index (χ1) is 17.9. The predicted octanol–water partition coefficient (Wildman–Crippen LogP) is 6.41. The van der Waals surface area contributed by atoms with E-state index in [4.69, 9.17) is 33.8 Å². The van der Waals surface area contributed by atoms with E-state index in [2.05, 4.69) is 26.2 Å². The lowest BCUT2D eigenvalue weighted by atomic mass is 10.00. The zero-order chi connectivity index (χ0) is 26.4. The van der Waals surface area contributed by atoms with E-state index in [1.54, 1.807) is 30.3 Å². The Hall–Kier alpha value is -3.87. The molecule has 37 heavy (non-hydrogen) atoms. The number of thioether (sulfide) groups is 1. The number of anilines is 3. The summed E-state index contributed by atoms with van der Waals surface area (Å²) in [4.78, 5) is 12.4. The predicted molar refractivity (Wildman–Crippen MR) is 144 cm³/mol. The van der Waals surface area contributed by atoms with Crippen molar-refractivity contribution in [2.45, 2.75) is 10.8 Å². The van der Waals surface area contributed by atoms with Gasteiger partial charge in [0.05, 0.1) is 29.5 Å². The molecule has 2 aromatic carbocycles. The molecule has 0 saturated heterocycles. The average molecular weight is 553 g/mol. The smallest absolute Gasteiger partial charge is 0.236 e. The van der Waals surface area contributed by atoms with Gasteiger partial charge in [-0.05, 0) is 35.9 Å². The summed E-state index contributed by atoms with van der Waals surface area (Å²) < 4.78 is 18.8. The lowest BCUT2D eigenvalue weighted by Crippen LogP contribution is -2.02. The van der Waals surface area contributed by atoms with Crippen molar-refractivity contribution in [2.24, 2.45) is 0 Å². The van der Waals surface area contributed by atoms with Crippen molar-refractivity contribution in [1.82, 2.24) is 9.97 Å². The van der Waals surface area contributed by atoms with Gasteiger partial charge in [0.25, 0.3) is 0 Å². The van der Waals surface area contributed by atoms with Gasteiger partial charge < -0.3 is 20.9 Å². The van der Waals surface area contributed by atoms with Gasteiger partial charge in [-0.2, -0.15) is 5.26 Å². The zero-order valence-corrected chi connectivity index (χ0v) is 21.4. The molecule has 0 fully saturated rings. The van der Waals surface area contributed by atoms with Gasteiger partial charge in [0.15, 0.2) is 5.13 Å². The van der Waals surface area contributed by atoms with Gasteiger partial charge in [-0.25, -0.2) is 19.2 Å². The Labute approximate surface area is 225 Å². The van der Waals surface area contributed by atoms with E-state index in [-0.39, 0.29) is 35.3 Å². The highest BCUT2D eigenvalue weighted by molar-refractivity contribution is 7.98. The Balaban J connectivity index is 1.57. The Kier molecular flexibility index (Phi) is 8.43. The number of aromatic nitrogens is 2. The van der Waals surface area contributed by atoms with Crippen LogP contribution in [-0.4, -0.2) is 28.3 Å². The number of aliphatic hydroxyl groups is 1. The molecule has 4 rings (SSSR count). The summed E-state index contributed by atoms with van der Waals surface area (Å²) >= 11 is 8.49. The van der Waals surface area contributed by atoms with Crippen LogP contribution in [0.25, 0.3) is 16.0 Å². The highest BCUT2D eigenvalue weighted by atomic mass is 35.5. The molecule has 4 N–H and O–H groups in total. The molecule has 0 saturated carbocycles. The Morgan fingerprint density at radius 3 is 2.73 bits per heavy atom. The quantitative estimate of drug-likeness (QED) is 0.161. The third-order valence-corrected chi connectivity index (χ3v) is 7.08. The monoisotopic (exact) mass is 552 g/mol. The average Bonchev–Trinajstić information content (AvgIpc) is 3.35. The van der Waals surface area contributed by atoms with Crippen LogP contribution in [0.3, 0.4) is 0 Å². The van der Waals surface area contributed by atoms with Crippen LogP contribution in [0.5, 0.6) is 5.75 Å². The van der Waals surface area contributed by atoms with E-state index in [0.717, 1.165) is 5.69 Å². The second-order valence-electron chi connectivity index (χ2n) is 7.41. The Bertz CT molecular complexity index is 1520. The van der Waals surface area contributed by atoms with Crippen molar-refractivity contribution in [3.05, 3.63) is 81.4 Å². The lowest BCUT2D eigenvalue weighted by Gasteiger charge is -2.13. The van der Waals surface area contributed by atoms with Gasteiger partial charge in [0.1, 0.15) is 35.1 Å². The van der Waals surface area contributed by atoms with Crippen molar-refractivity contribution < 1.29 is 14.2 Å². The Morgan fingerprint density at radius 2 is 2.05 bits per heavy atom. The molecule has 0 spiro atoms. The minimum Gasteiger partial charge on any atom is -0.491 e. The van der Waals surface area contributed by atoms with Crippen LogP contribution in [0.1, 0.15) is 11.3 Å². The molecule has 12 heteroatoms. The van der Waals surface area contributed by atoms with E-state index >= 15 is 0 Å². The first-order valence-electron chi connectivity index (χ1n) is 10.7. The number of benzene rings is 2. The maximum Gasteiger partial charge on any atom is 0.236 e. The summed E-state index contributed by atoms with van der Waals surface area (Å²) in [5, 5.41) is 24.9. The summed E-state index contributed by atoms with van der Waals surface area (Å²) in [6, 6.07) is 13.3. The number of hydrogen-bond acceptors (Lipinski definition) is 9. The number of nitrogens with two attached hydrogens (primary N) is 1. The van der Waals surface area contributed by atoms with Crippen LogP contribution in [0.15, 0.2) is 52.9 Å². The molecule has 0 radical (unpaired) electrons. The SMILES string of the molecule is [C-]#[N+]c1c(N)nc(SCc2csc(Nc3ccc(F)c(Cl)c3)n2)c(C#N)c1-c1ccc(OCCO)cc1. The topological polar surface area (TPSA) is 121 Å². The molecule has 0 unspecified atom stereocenters. The molecule has 0 aliphatic rings. The van der Waals surface area contributed by atoms with Crippen molar-refractivity contribution in [1.29, 1.82) is 5.26 Å². The molecule has 186 valence electrons. The molecule has 0 bridgehead atoms. The van der Waals surface area contributed by atoms with Gasteiger partial charge in [-0.3, -0.25) is 0 Å². The van der Waals surface area contributed by atoms with Gasteiger partial charge in [-0.1, -0.05) is 35.5 Å². The van der Waals surface area contributed by atoms with E-state index < -0.39 is 5.82 Å². The van der Waals surface area contributed by atoms with Crippen LogP contribution < -0.4 is 15.8 Å². The lowest BCUT2D eigenvalue weighted by molar-refractivity contribution is 0.201. The molecule has 0 aliphatic heterocycles. The number of nitrogen functional groups attached to an aromatic ring is 1. The first kappa shape index (κ1) is 26.2. The minimum atomic E-state index is -0.502. The standard InChI is InChI=1S/C25H18ClFN6O2S2/c1-30-22-21(14-2-5-17(6-3-14)35-9-8-34)18(11-28)24(33-23(22)29)36-12-16-13-37-25(32-16)31-15-4-7-20(27)19(26)10-15/h2-7,10,13,34H,8-9,12H2,(H2,29,33)(H,31,32). The van der Waals surface area contributed by atoms with E-state index in [1.165, 1.54) is 35.2 Å². The fourth-order valence-corrected chi connectivity index (χ4v) is 5.23. The van der Waals surface area contributed by atoms with Crippen LogP contribution in [0, 0.1) is 23.7 Å². The molecule has 0 atom stereocenters. The fraction of sp³-hybridized carbons (Fsp3) is 0.120. The summed E-state index contributed by atoms with van der Waals surface area (Å²) in [6.07, 6.45) is 0. The van der Waals surface area contributed by atoms with E-state index in [0.29, 0.717) is 38.5 Å². The number of ether oxygens (including phenoxy) is 1. The van der Waals surface area contributed by atoms with Crippen molar-refractivity contribution in [3.63, 3.8) is 0 Å². The van der Waals surface area contributed by atoms with Gasteiger partial charge in [0.2, 0.25) is 5.69 Å². The first-order valence-corrected chi connectivity index (χ1v) is 12.9. The molecule has 2 heterocycles. The van der Waals surface area contributed by atoms with Gasteiger partial charge >= 0.3 is 0 Å². The van der Waals surface area contributed by atoms with Crippen LogP contribution in [0.2, 0.25) is 5.02 Å². The fourth-order valence-electron chi connectivity index (χ4n) is 3.33. The second-order valence-corrected chi connectivity index (χ2v) is 9.64. The summed E-state index contributed by atoms with van der Waals surface area (Å²) in [5.41, 5.74) is 8.80. The summed E-state index contributed by atoms with van der Waals surface area (Å²) in [6.45, 7) is 7.65. The highest BCUT2D eigenvalue weighted by Gasteiger charge is 2.21. The van der Waals surface area contributed by atoms with Crippen molar-refractivity contribution in [3.8, 4) is 22.9 Å². The highest BCUT2D eigenvalue weighted by Crippen LogP contribution is 2.42. The number of rotatable bonds is 9. The van der Waals surface area contributed by atoms with E-state index in [1.807, 2.05) is 5.38 Å². The summed E-state index contributed by atoms with van der Waals surface area (Å²) in [5.74, 6) is 0.473. The third-order valence-electron chi connectivity index (χ3n) is 4.97. The van der Waals surface area contributed by atoms with Crippen LogP contribution in [0.4, 0.5) is 26.7 Å². The number of nitriles is 1. The maximum atomic E-state index is 13.4. The minimum absolute atomic E-state index is 0.0102. The number of nitrogens with one attached hydrogen (secondary N) is 1. The molecule has 8 nitrogen and oxygen atoms in total. The van der Waals surface area contributed by atoms with Crippen LogP contribution in [-0.2, 0) is 5.75 Å². The van der Waals surface area contributed by atoms with E-state index in [9.17, 15) is 9.65 Å². The number of hydrogen-bond donors (Lipinski definition) is 3. The number of halogens is 2. The second kappa shape index (κ2) is 11.9.